The van der Waals surface area contributed by atoms with E-state index in [9.17, 15) is 0 Å². The first-order chi connectivity index (χ1) is 9.45. The van der Waals surface area contributed by atoms with E-state index in [4.69, 9.17) is 0 Å². The van der Waals surface area contributed by atoms with Crippen molar-refractivity contribution in [3.63, 3.8) is 0 Å². The normalized spacial score (nSPS) is 24.4. The van der Waals surface area contributed by atoms with Gasteiger partial charge in [-0.15, -0.1) is 0 Å². The van der Waals surface area contributed by atoms with E-state index in [-0.39, 0.29) is 0 Å². The minimum atomic E-state index is 0.999. The maximum atomic E-state index is 3.37. The highest BCUT2D eigenvalue weighted by Crippen LogP contribution is 2.27. The Morgan fingerprint density at radius 2 is 1.42 bits per heavy atom. The molecule has 91 valence electrons. The Balaban J connectivity index is 2.12. The van der Waals surface area contributed by atoms with Gasteiger partial charge >= 0.3 is 0 Å². The highest BCUT2D eigenvalue weighted by atomic mass is 14.1. The van der Waals surface area contributed by atoms with Crippen LogP contribution in [0.15, 0.2) is 66.8 Å². The number of benzene rings is 1. The molecule has 19 heavy (non-hydrogen) atoms. The van der Waals surface area contributed by atoms with E-state index < -0.39 is 0 Å². The number of hydrogen-bond donors (Lipinski definition) is 0. The SMILES string of the molecule is [C]1=CCc2ccc3c(c21)/C=C/C=C\C=C\C=C/C=C/3. The van der Waals surface area contributed by atoms with Crippen molar-refractivity contribution in [3.8, 4) is 0 Å². The standard InChI is InChI=1S/C19H15/c1-2-4-6-8-12-18-16(10-7-5-3-1)14-15-17-11-9-13-19(17)18/h1-10,12,14-15H,11H2/b2-1+,3-1?,4-2?,5-3-,6-4-,7-5?,8-6?,10-7+,12-8+,16-10?,18-12?. The maximum absolute atomic E-state index is 3.37. The van der Waals surface area contributed by atoms with Crippen LogP contribution in [0.5, 0.6) is 0 Å². The molecule has 1 radical (unpaired) electrons. The van der Waals surface area contributed by atoms with Crippen molar-refractivity contribution < 1.29 is 0 Å². The average Bonchev–Trinajstić information content (AvgIpc) is 2.88. The largest absolute Gasteiger partial charge is 0.0716 e. The van der Waals surface area contributed by atoms with Gasteiger partial charge in [-0.2, -0.15) is 0 Å². The molecule has 0 heterocycles. The molecule has 0 saturated heterocycles. The van der Waals surface area contributed by atoms with Crippen molar-refractivity contribution in [2.45, 2.75) is 6.42 Å². The lowest BCUT2D eigenvalue weighted by molar-refractivity contribution is 1.30. The lowest BCUT2D eigenvalue weighted by atomic mass is 9.96. The van der Waals surface area contributed by atoms with Crippen LogP contribution in [-0.4, -0.2) is 0 Å². The molecule has 0 spiro atoms. The molecule has 0 nitrogen and oxygen atoms in total. The van der Waals surface area contributed by atoms with Gasteiger partial charge in [0.1, 0.15) is 0 Å². The van der Waals surface area contributed by atoms with E-state index in [0.29, 0.717) is 0 Å². The zero-order valence-electron chi connectivity index (χ0n) is 10.7. The van der Waals surface area contributed by atoms with Gasteiger partial charge in [-0.3, -0.25) is 0 Å². The predicted molar refractivity (Wildman–Crippen MR) is 82.5 cm³/mol. The summed E-state index contributed by atoms with van der Waals surface area (Å²) in [5, 5.41) is 0. The minimum absolute atomic E-state index is 0.999. The van der Waals surface area contributed by atoms with E-state index >= 15 is 0 Å². The van der Waals surface area contributed by atoms with Crippen LogP contribution in [0.4, 0.5) is 0 Å². The quantitative estimate of drug-likeness (QED) is 0.621. The van der Waals surface area contributed by atoms with Crippen molar-refractivity contribution in [3.05, 3.63) is 95.1 Å². The van der Waals surface area contributed by atoms with Crippen LogP contribution in [0.25, 0.3) is 12.2 Å². The summed E-state index contributed by atoms with van der Waals surface area (Å²) in [6.45, 7) is 0. The summed E-state index contributed by atoms with van der Waals surface area (Å²) in [6, 6.07) is 4.39. The molecule has 1 aromatic carbocycles. The third kappa shape index (κ3) is 2.58. The van der Waals surface area contributed by atoms with Gasteiger partial charge in [-0.1, -0.05) is 79.0 Å². The van der Waals surface area contributed by atoms with Crippen LogP contribution in [-0.2, 0) is 6.42 Å². The van der Waals surface area contributed by atoms with Gasteiger partial charge in [-0.25, -0.2) is 0 Å². The van der Waals surface area contributed by atoms with Crippen LogP contribution >= 0.6 is 0 Å². The highest BCUT2D eigenvalue weighted by molar-refractivity contribution is 5.72. The van der Waals surface area contributed by atoms with Crippen LogP contribution in [0.3, 0.4) is 0 Å². The molecular weight excluding hydrogens is 228 g/mol. The lowest BCUT2D eigenvalue weighted by Gasteiger charge is -2.07. The van der Waals surface area contributed by atoms with Gasteiger partial charge in [0.05, 0.1) is 0 Å². The Bertz CT molecular complexity index is 647. The molecule has 2 aliphatic rings. The zero-order chi connectivity index (χ0) is 12.9. The third-order valence-electron chi connectivity index (χ3n) is 3.25. The molecule has 0 aliphatic heterocycles. The number of fused-ring (bicyclic) bond motifs is 3. The van der Waals surface area contributed by atoms with Crippen LogP contribution in [0.1, 0.15) is 22.3 Å². The van der Waals surface area contributed by atoms with Gasteiger partial charge in [0.25, 0.3) is 0 Å². The van der Waals surface area contributed by atoms with E-state index in [2.05, 4.69) is 54.7 Å². The summed E-state index contributed by atoms with van der Waals surface area (Å²) in [6.07, 6.45) is 27.2. The summed E-state index contributed by atoms with van der Waals surface area (Å²) >= 11 is 0. The molecule has 0 N–H and O–H groups in total. The Labute approximate surface area is 114 Å². The monoisotopic (exact) mass is 243 g/mol. The fraction of sp³-hybridized carbons (Fsp3) is 0.0526. The molecule has 0 saturated carbocycles. The van der Waals surface area contributed by atoms with Gasteiger partial charge in [0.2, 0.25) is 0 Å². The van der Waals surface area contributed by atoms with Crippen LogP contribution in [0.2, 0.25) is 0 Å². The van der Waals surface area contributed by atoms with Crippen LogP contribution in [0, 0.1) is 6.08 Å². The third-order valence-corrected chi connectivity index (χ3v) is 3.25. The summed E-state index contributed by atoms with van der Waals surface area (Å²) in [4.78, 5) is 0. The van der Waals surface area contributed by atoms with E-state index in [1.807, 2.05) is 30.4 Å². The molecule has 0 heteroatoms. The van der Waals surface area contributed by atoms with Crippen molar-refractivity contribution in [2.75, 3.05) is 0 Å². The summed E-state index contributed by atoms with van der Waals surface area (Å²) in [5.74, 6) is 0. The minimum Gasteiger partial charge on any atom is -0.0716 e. The average molecular weight is 243 g/mol. The summed E-state index contributed by atoms with van der Waals surface area (Å²) < 4.78 is 0. The van der Waals surface area contributed by atoms with Crippen molar-refractivity contribution in [2.24, 2.45) is 0 Å². The second-order valence-corrected chi connectivity index (χ2v) is 4.53. The fourth-order valence-electron chi connectivity index (χ4n) is 2.31. The number of rotatable bonds is 0. The topological polar surface area (TPSA) is 0 Å². The highest BCUT2D eigenvalue weighted by Gasteiger charge is 2.11. The Morgan fingerprint density at radius 1 is 0.737 bits per heavy atom. The Kier molecular flexibility index (Phi) is 3.42. The Hall–Kier alpha value is -2.34. The first-order valence-electron chi connectivity index (χ1n) is 6.54. The van der Waals surface area contributed by atoms with Crippen LogP contribution < -0.4 is 0 Å². The molecule has 0 fully saturated rings. The predicted octanol–water partition coefficient (Wildman–Crippen LogP) is 4.66. The van der Waals surface area contributed by atoms with Crippen molar-refractivity contribution in [1.29, 1.82) is 0 Å². The van der Waals surface area contributed by atoms with Gasteiger partial charge in [-0.05, 0) is 34.8 Å². The van der Waals surface area contributed by atoms with Gasteiger partial charge in [0, 0.05) is 0 Å². The fourth-order valence-corrected chi connectivity index (χ4v) is 2.31. The number of hydrogen-bond acceptors (Lipinski definition) is 0. The van der Waals surface area contributed by atoms with E-state index in [1.54, 1.807) is 0 Å². The smallest absolute Gasteiger partial charge is 0.00671 e. The number of allylic oxidation sites excluding steroid dienone is 9. The van der Waals surface area contributed by atoms with Gasteiger partial charge < -0.3 is 0 Å². The second kappa shape index (κ2) is 5.53. The molecule has 0 amide bonds. The first-order valence-corrected chi connectivity index (χ1v) is 6.54. The first kappa shape index (κ1) is 11.7. The van der Waals surface area contributed by atoms with Crippen molar-refractivity contribution >= 4 is 12.2 Å². The molecular formula is C19H15. The van der Waals surface area contributed by atoms with Gasteiger partial charge in [0.15, 0.2) is 0 Å². The lowest BCUT2D eigenvalue weighted by Crippen LogP contribution is -1.90. The molecule has 0 atom stereocenters. The molecule has 3 rings (SSSR count). The van der Waals surface area contributed by atoms with E-state index in [1.165, 1.54) is 22.3 Å². The second-order valence-electron chi connectivity index (χ2n) is 4.53. The molecule has 0 bridgehead atoms. The van der Waals surface area contributed by atoms with E-state index in [0.717, 1.165) is 6.42 Å². The molecule has 0 aromatic heterocycles. The Morgan fingerprint density at radius 3 is 2.21 bits per heavy atom. The van der Waals surface area contributed by atoms with Crippen molar-refractivity contribution in [1.82, 2.24) is 0 Å². The molecule has 1 aromatic rings. The molecule has 2 aliphatic carbocycles. The maximum Gasteiger partial charge on any atom is -0.00671 e. The molecule has 0 unspecified atom stereocenters. The summed E-state index contributed by atoms with van der Waals surface area (Å²) in [7, 11) is 0. The zero-order valence-corrected chi connectivity index (χ0v) is 10.7. The summed E-state index contributed by atoms with van der Waals surface area (Å²) in [5.41, 5.74) is 5.09.